The standard InChI is InChI=1S/C11H15BClNO2/c1-10(2)11(3,4)16-12(15-10)9-7-8(13)5-6-14-9/h5-7H,1-4H3. The van der Waals surface area contributed by atoms with Gasteiger partial charge in [-0.05, 0) is 39.8 Å². The summed E-state index contributed by atoms with van der Waals surface area (Å²) in [6.45, 7) is 8.05. The molecule has 1 saturated heterocycles. The van der Waals surface area contributed by atoms with Crippen molar-refractivity contribution in [1.82, 2.24) is 4.98 Å². The predicted octanol–water partition coefficient (Wildman–Crippen LogP) is 2.03. The summed E-state index contributed by atoms with van der Waals surface area (Å²) in [5.74, 6) is 0. The molecule has 0 aliphatic carbocycles. The summed E-state index contributed by atoms with van der Waals surface area (Å²) in [5, 5.41) is 0.639. The molecule has 3 nitrogen and oxygen atoms in total. The minimum atomic E-state index is -0.441. The molecule has 1 aromatic heterocycles. The maximum absolute atomic E-state index is 5.91. The van der Waals surface area contributed by atoms with Gasteiger partial charge in [0.15, 0.2) is 0 Å². The Bertz CT molecular complexity index is 393. The molecule has 0 N–H and O–H groups in total. The van der Waals surface area contributed by atoms with Crippen molar-refractivity contribution in [3.63, 3.8) is 0 Å². The molecular weight excluding hydrogens is 224 g/mol. The third-order valence-corrected chi connectivity index (χ3v) is 3.47. The highest BCUT2D eigenvalue weighted by atomic mass is 35.5. The first-order chi connectivity index (χ1) is 7.32. The molecule has 0 spiro atoms. The molecule has 0 radical (unpaired) electrons. The summed E-state index contributed by atoms with van der Waals surface area (Å²) in [5.41, 5.74) is 0.0229. The highest BCUT2D eigenvalue weighted by Gasteiger charge is 2.52. The van der Waals surface area contributed by atoms with E-state index in [1.165, 1.54) is 0 Å². The maximum atomic E-state index is 5.91. The van der Waals surface area contributed by atoms with Crippen molar-refractivity contribution in [2.24, 2.45) is 0 Å². The number of aromatic nitrogens is 1. The molecule has 2 heterocycles. The molecule has 0 atom stereocenters. The molecule has 1 fully saturated rings. The molecular formula is C11H15BClNO2. The molecule has 1 aliphatic heterocycles. The van der Waals surface area contributed by atoms with Crippen LogP contribution in [0.25, 0.3) is 0 Å². The Hall–Kier alpha value is -0.575. The van der Waals surface area contributed by atoms with Crippen LogP contribution in [0.3, 0.4) is 0 Å². The third-order valence-electron chi connectivity index (χ3n) is 3.24. The minimum Gasteiger partial charge on any atom is -0.398 e. The maximum Gasteiger partial charge on any atom is 0.514 e. The van der Waals surface area contributed by atoms with Crippen LogP contribution in [0.1, 0.15) is 27.7 Å². The average molecular weight is 240 g/mol. The van der Waals surface area contributed by atoms with Crippen LogP contribution in [-0.4, -0.2) is 23.3 Å². The summed E-state index contributed by atoms with van der Waals surface area (Å²) in [6, 6.07) is 3.50. The van der Waals surface area contributed by atoms with Gasteiger partial charge in [0.2, 0.25) is 0 Å². The highest BCUT2D eigenvalue weighted by molar-refractivity contribution is 6.61. The van der Waals surface area contributed by atoms with E-state index in [1.807, 2.05) is 27.7 Å². The molecule has 0 unspecified atom stereocenters. The van der Waals surface area contributed by atoms with Gasteiger partial charge in [-0.1, -0.05) is 11.6 Å². The van der Waals surface area contributed by atoms with Crippen molar-refractivity contribution in [3.05, 3.63) is 23.4 Å². The lowest BCUT2D eigenvalue weighted by atomic mass is 9.84. The van der Waals surface area contributed by atoms with Crippen LogP contribution < -0.4 is 5.59 Å². The summed E-state index contributed by atoms with van der Waals surface area (Å²) < 4.78 is 11.7. The van der Waals surface area contributed by atoms with E-state index in [1.54, 1.807) is 18.3 Å². The molecule has 1 aliphatic rings. The molecule has 5 heteroatoms. The highest BCUT2D eigenvalue weighted by Crippen LogP contribution is 2.36. The fourth-order valence-electron chi connectivity index (χ4n) is 1.51. The van der Waals surface area contributed by atoms with Crippen molar-refractivity contribution in [1.29, 1.82) is 0 Å². The fourth-order valence-corrected chi connectivity index (χ4v) is 1.68. The van der Waals surface area contributed by atoms with E-state index in [4.69, 9.17) is 20.9 Å². The van der Waals surface area contributed by atoms with Gasteiger partial charge in [-0.2, -0.15) is 0 Å². The first kappa shape index (κ1) is 11.9. The zero-order valence-corrected chi connectivity index (χ0v) is 10.7. The Morgan fingerprint density at radius 3 is 2.25 bits per heavy atom. The first-order valence-corrected chi connectivity index (χ1v) is 5.67. The van der Waals surface area contributed by atoms with E-state index in [-0.39, 0.29) is 11.2 Å². The Balaban J connectivity index is 2.27. The zero-order chi connectivity index (χ0) is 12.0. The SMILES string of the molecule is CC1(C)OB(c2cc(Cl)ccn2)OC1(C)C. The number of pyridine rings is 1. The number of hydrogen-bond acceptors (Lipinski definition) is 3. The van der Waals surface area contributed by atoms with Crippen LogP contribution in [0.15, 0.2) is 18.3 Å². The lowest BCUT2D eigenvalue weighted by Gasteiger charge is -2.32. The van der Waals surface area contributed by atoms with Crippen LogP contribution in [0.2, 0.25) is 5.02 Å². The molecule has 86 valence electrons. The number of rotatable bonds is 1. The molecule has 2 rings (SSSR count). The van der Waals surface area contributed by atoms with Crippen molar-refractivity contribution in [2.75, 3.05) is 0 Å². The Morgan fingerprint density at radius 2 is 1.75 bits per heavy atom. The second-order valence-corrected chi connectivity index (χ2v) is 5.42. The second-order valence-electron chi connectivity index (χ2n) is 4.99. The normalized spacial score (nSPS) is 22.4. The van der Waals surface area contributed by atoms with Gasteiger partial charge in [-0.15, -0.1) is 0 Å². The Kier molecular flexibility index (Phi) is 2.77. The first-order valence-electron chi connectivity index (χ1n) is 5.29. The van der Waals surface area contributed by atoms with Gasteiger partial charge in [0.05, 0.1) is 16.8 Å². The van der Waals surface area contributed by atoms with Gasteiger partial charge >= 0.3 is 7.12 Å². The van der Waals surface area contributed by atoms with Crippen LogP contribution in [0.5, 0.6) is 0 Å². The van der Waals surface area contributed by atoms with Gasteiger partial charge in [0, 0.05) is 11.2 Å². The summed E-state index contributed by atoms with van der Waals surface area (Å²) >= 11 is 5.91. The van der Waals surface area contributed by atoms with Crippen molar-refractivity contribution < 1.29 is 9.31 Å². The largest absolute Gasteiger partial charge is 0.514 e. The summed E-state index contributed by atoms with van der Waals surface area (Å²) in [6.07, 6.45) is 1.66. The average Bonchev–Trinajstić information content (AvgIpc) is 2.36. The van der Waals surface area contributed by atoms with Crippen molar-refractivity contribution in [3.8, 4) is 0 Å². The van der Waals surface area contributed by atoms with Crippen LogP contribution in [0.4, 0.5) is 0 Å². The van der Waals surface area contributed by atoms with E-state index in [9.17, 15) is 0 Å². The van der Waals surface area contributed by atoms with Crippen LogP contribution in [0, 0.1) is 0 Å². The quantitative estimate of drug-likeness (QED) is 0.703. The number of nitrogens with zero attached hydrogens (tertiary/aromatic N) is 1. The fraction of sp³-hybridized carbons (Fsp3) is 0.545. The smallest absolute Gasteiger partial charge is 0.398 e. The molecule has 16 heavy (non-hydrogen) atoms. The topological polar surface area (TPSA) is 31.4 Å². The van der Waals surface area contributed by atoms with Gasteiger partial charge in [0.1, 0.15) is 0 Å². The summed E-state index contributed by atoms with van der Waals surface area (Å²) in [4.78, 5) is 4.22. The number of hydrogen-bond donors (Lipinski definition) is 0. The van der Waals surface area contributed by atoms with Crippen molar-refractivity contribution in [2.45, 2.75) is 38.9 Å². The van der Waals surface area contributed by atoms with Gasteiger partial charge < -0.3 is 9.31 Å². The predicted molar refractivity (Wildman–Crippen MR) is 65.0 cm³/mol. The third kappa shape index (κ3) is 1.97. The molecule has 1 aromatic rings. The number of halogens is 1. The Morgan fingerprint density at radius 1 is 1.19 bits per heavy atom. The monoisotopic (exact) mass is 239 g/mol. The van der Waals surface area contributed by atoms with Gasteiger partial charge in [0.25, 0.3) is 0 Å². The van der Waals surface area contributed by atoms with Crippen LogP contribution in [-0.2, 0) is 9.31 Å². The van der Waals surface area contributed by atoms with E-state index < -0.39 is 7.12 Å². The molecule has 0 saturated carbocycles. The van der Waals surface area contributed by atoms with Crippen molar-refractivity contribution >= 4 is 24.3 Å². The van der Waals surface area contributed by atoms with Gasteiger partial charge in [-0.3, -0.25) is 4.98 Å². The van der Waals surface area contributed by atoms with Gasteiger partial charge in [-0.25, -0.2) is 0 Å². The zero-order valence-electron chi connectivity index (χ0n) is 9.95. The summed E-state index contributed by atoms with van der Waals surface area (Å²) in [7, 11) is -0.441. The van der Waals surface area contributed by atoms with E-state index in [2.05, 4.69) is 4.98 Å². The molecule has 0 aromatic carbocycles. The van der Waals surface area contributed by atoms with Crippen LogP contribution >= 0.6 is 11.6 Å². The molecule has 0 amide bonds. The lowest BCUT2D eigenvalue weighted by molar-refractivity contribution is 0.00578. The van der Waals surface area contributed by atoms with E-state index in [0.717, 1.165) is 0 Å². The van der Waals surface area contributed by atoms with E-state index >= 15 is 0 Å². The second kappa shape index (κ2) is 3.72. The Labute approximate surface area is 101 Å². The minimum absolute atomic E-state index is 0.346. The lowest BCUT2D eigenvalue weighted by Crippen LogP contribution is -2.41. The molecule has 0 bridgehead atoms. The van der Waals surface area contributed by atoms with E-state index in [0.29, 0.717) is 10.6 Å².